The zero-order valence-electron chi connectivity index (χ0n) is 19.3. The first-order valence-corrected chi connectivity index (χ1v) is 13.4. The van der Waals surface area contributed by atoms with Crippen LogP contribution in [0.1, 0.15) is 21.6 Å². The van der Waals surface area contributed by atoms with Gasteiger partial charge in [0.2, 0.25) is 15.8 Å². The molecule has 3 rings (SSSR count). The number of fused-ring (bicyclic) bond motifs is 1. The molecule has 1 aromatic heterocycles. The topological polar surface area (TPSA) is 129 Å². The molecule has 0 fully saturated rings. The second-order valence-corrected chi connectivity index (χ2v) is 11.7. The Balaban J connectivity index is 2.39. The molecule has 0 saturated heterocycles. The lowest BCUT2D eigenvalue weighted by molar-refractivity contribution is 0.103. The van der Waals surface area contributed by atoms with E-state index in [1.165, 1.54) is 41.4 Å². The van der Waals surface area contributed by atoms with Gasteiger partial charge in [-0.2, -0.15) is 5.26 Å². The molecular weight excluding hydrogens is 476 g/mol. The van der Waals surface area contributed by atoms with Crippen molar-refractivity contribution in [2.24, 2.45) is 0 Å². The summed E-state index contributed by atoms with van der Waals surface area (Å²) in [4.78, 5) is 14.8. The molecule has 9 nitrogen and oxygen atoms in total. The van der Waals surface area contributed by atoms with Crippen LogP contribution in [0.2, 0.25) is 0 Å². The highest BCUT2D eigenvalue weighted by Gasteiger charge is 2.28. The number of Topliss-reactive ketones (excluding diaryl/α,β-unsaturated/α-hetero) is 1. The molecule has 1 heterocycles. The van der Waals surface area contributed by atoms with Crippen molar-refractivity contribution in [2.75, 3.05) is 25.1 Å². The van der Waals surface area contributed by atoms with Crippen molar-refractivity contribution < 1.29 is 21.6 Å². The summed E-state index contributed by atoms with van der Waals surface area (Å²) in [6.07, 6.45) is 2.31. The Morgan fingerprint density at radius 2 is 1.68 bits per heavy atom. The molecule has 2 aromatic carbocycles. The summed E-state index contributed by atoms with van der Waals surface area (Å²) in [6, 6.07) is 12.3. The first-order chi connectivity index (χ1) is 15.7. The second kappa shape index (κ2) is 8.96. The lowest BCUT2D eigenvalue weighted by Gasteiger charge is -2.13. The molecule has 0 atom stereocenters. The number of rotatable bonds is 7. The zero-order valence-corrected chi connectivity index (χ0v) is 21.0. The maximum absolute atomic E-state index is 13.7. The summed E-state index contributed by atoms with van der Waals surface area (Å²) in [5.41, 5.74) is 1.27. The first-order valence-electron chi connectivity index (χ1n) is 10.0. The SMILES string of the molecule is Cc1ccc(S(=O)(=O)n2c(C(=O)/C(C#N)=C/N(C)C)cc3cc(NS(C)(=O)=O)c(C)cc32)cc1. The number of carbonyl (C=O) groups is 1. The third-order valence-corrected chi connectivity index (χ3v) is 7.28. The van der Waals surface area contributed by atoms with Crippen LogP contribution in [0.25, 0.3) is 10.9 Å². The summed E-state index contributed by atoms with van der Waals surface area (Å²) in [7, 11) is -4.57. The second-order valence-electron chi connectivity index (χ2n) is 8.16. The number of carbonyl (C=O) groups excluding carboxylic acids is 1. The number of hydrogen-bond donors (Lipinski definition) is 1. The minimum atomic E-state index is -4.24. The fourth-order valence-electron chi connectivity index (χ4n) is 3.41. The fraction of sp³-hybridized carbons (Fsp3) is 0.217. The Labute approximate surface area is 199 Å². The molecule has 0 spiro atoms. The van der Waals surface area contributed by atoms with E-state index < -0.39 is 25.8 Å². The summed E-state index contributed by atoms with van der Waals surface area (Å²) in [5, 5.41) is 9.85. The monoisotopic (exact) mass is 500 g/mol. The van der Waals surface area contributed by atoms with Crippen LogP contribution in [0.4, 0.5) is 5.69 Å². The van der Waals surface area contributed by atoms with Crippen LogP contribution in [-0.4, -0.2) is 51.8 Å². The number of nitriles is 1. The van der Waals surface area contributed by atoms with Crippen LogP contribution < -0.4 is 4.72 Å². The van der Waals surface area contributed by atoms with Gasteiger partial charge in [-0.3, -0.25) is 9.52 Å². The first kappa shape index (κ1) is 25.0. The number of aryl methyl sites for hydroxylation is 2. The summed E-state index contributed by atoms with van der Waals surface area (Å²) in [6.45, 7) is 3.44. The zero-order chi connectivity index (χ0) is 25.4. The van der Waals surface area contributed by atoms with Gasteiger partial charge in [-0.1, -0.05) is 17.7 Å². The standard InChI is InChI=1S/C23H24N4O5S2/c1-15-6-8-19(9-7-15)34(31,32)27-21-10-16(2)20(25-33(5,29)30)11-17(21)12-22(27)23(28)18(13-24)14-26(3)4/h6-12,14,25H,1-5H3/b18-14+. The Morgan fingerprint density at radius 1 is 1.06 bits per heavy atom. The maximum atomic E-state index is 13.7. The Kier molecular flexibility index (Phi) is 6.59. The van der Waals surface area contributed by atoms with Crippen molar-refractivity contribution in [3.63, 3.8) is 0 Å². The van der Waals surface area contributed by atoms with Gasteiger partial charge in [0.15, 0.2) is 0 Å². The minimum Gasteiger partial charge on any atom is -0.382 e. The maximum Gasteiger partial charge on any atom is 0.268 e. The molecule has 0 radical (unpaired) electrons. The van der Waals surface area contributed by atoms with Crippen LogP contribution in [-0.2, 0) is 20.0 Å². The molecule has 1 N–H and O–H groups in total. The van der Waals surface area contributed by atoms with Gasteiger partial charge in [-0.25, -0.2) is 20.8 Å². The van der Waals surface area contributed by atoms with Crippen molar-refractivity contribution in [3.8, 4) is 6.07 Å². The van der Waals surface area contributed by atoms with E-state index in [1.807, 2.05) is 13.0 Å². The van der Waals surface area contributed by atoms with Gasteiger partial charge in [0.1, 0.15) is 17.3 Å². The van der Waals surface area contributed by atoms with Gasteiger partial charge in [0.25, 0.3) is 10.0 Å². The lowest BCUT2D eigenvalue weighted by atomic mass is 10.1. The van der Waals surface area contributed by atoms with Gasteiger partial charge in [-0.15, -0.1) is 0 Å². The van der Waals surface area contributed by atoms with Gasteiger partial charge in [0, 0.05) is 25.7 Å². The van der Waals surface area contributed by atoms with E-state index in [4.69, 9.17) is 0 Å². The average molecular weight is 501 g/mol. The lowest BCUT2D eigenvalue weighted by Crippen LogP contribution is -2.20. The van der Waals surface area contributed by atoms with E-state index in [0.29, 0.717) is 10.9 Å². The van der Waals surface area contributed by atoms with Gasteiger partial charge in [0.05, 0.1) is 22.4 Å². The Bertz CT molecular complexity index is 1570. The number of nitrogens with zero attached hydrogens (tertiary/aromatic N) is 3. The number of hydrogen-bond acceptors (Lipinski definition) is 7. The minimum absolute atomic E-state index is 0.0317. The molecular formula is C23H24N4O5S2. The molecule has 0 aliphatic heterocycles. The van der Waals surface area contributed by atoms with E-state index in [-0.39, 0.29) is 27.4 Å². The van der Waals surface area contributed by atoms with E-state index in [9.17, 15) is 26.9 Å². The summed E-state index contributed by atoms with van der Waals surface area (Å²) < 4.78 is 54.2. The molecule has 0 aliphatic carbocycles. The molecule has 0 bridgehead atoms. The molecule has 11 heteroatoms. The van der Waals surface area contributed by atoms with Gasteiger partial charge in [-0.05, 0) is 49.7 Å². The molecule has 34 heavy (non-hydrogen) atoms. The van der Waals surface area contributed by atoms with Gasteiger partial charge >= 0.3 is 0 Å². The van der Waals surface area contributed by atoms with E-state index >= 15 is 0 Å². The third kappa shape index (κ3) is 4.98. The number of nitrogens with one attached hydrogen (secondary N) is 1. The van der Waals surface area contributed by atoms with Crippen LogP contribution in [0.15, 0.2) is 59.1 Å². The van der Waals surface area contributed by atoms with Crippen molar-refractivity contribution in [2.45, 2.75) is 18.7 Å². The average Bonchev–Trinajstić information content (AvgIpc) is 3.09. The predicted molar refractivity (Wildman–Crippen MR) is 131 cm³/mol. The number of allylic oxidation sites excluding steroid dienone is 1. The van der Waals surface area contributed by atoms with E-state index in [1.54, 1.807) is 33.2 Å². The van der Waals surface area contributed by atoms with E-state index in [2.05, 4.69) is 4.72 Å². The number of aromatic nitrogens is 1. The molecule has 178 valence electrons. The highest BCUT2D eigenvalue weighted by atomic mass is 32.2. The Morgan fingerprint density at radius 3 is 2.21 bits per heavy atom. The molecule has 0 saturated carbocycles. The normalized spacial score (nSPS) is 12.4. The molecule has 0 aliphatic rings. The van der Waals surface area contributed by atoms with Crippen LogP contribution in [0.5, 0.6) is 0 Å². The largest absolute Gasteiger partial charge is 0.382 e. The Hall–Kier alpha value is -3.62. The van der Waals surface area contributed by atoms with E-state index in [0.717, 1.165) is 15.8 Å². The van der Waals surface area contributed by atoms with Crippen molar-refractivity contribution >= 4 is 42.4 Å². The van der Waals surface area contributed by atoms with Crippen molar-refractivity contribution in [1.82, 2.24) is 8.87 Å². The number of benzene rings is 2. The van der Waals surface area contributed by atoms with Crippen LogP contribution in [0, 0.1) is 25.2 Å². The van der Waals surface area contributed by atoms with Crippen LogP contribution in [0.3, 0.4) is 0 Å². The van der Waals surface area contributed by atoms with Crippen molar-refractivity contribution in [3.05, 3.63) is 71.1 Å². The quantitative estimate of drug-likeness (QED) is 0.300. The van der Waals surface area contributed by atoms with Gasteiger partial charge < -0.3 is 4.90 Å². The fourth-order valence-corrected chi connectivity index (χ4v) is 5.53. The predicted octanol–water partition coefficient (Wildman–Crippen LogP) is 3.02. The molecule has 0 unspecified atom stereocenters. The summed E-state index contributed by atoms with van der Waals surface area (Å²) >= 11 is 0. The van der Waals surface area contributed by atoms with Crippen molar-refractivity contribution in [1.29, 1.82) is 5.26 Å². The smallest absolute Gasteiger partial charge is 0.268 e. The molecule has 0 amide bonds. The number of sulfonamides is 1. The highest BCUT2D eigenvalue weighted by Crippen LogP contribution is 2.31. The summed E-state index contributed by atoms with van der Waals surface area (Å²) in [5.74, 6) is -0.779. The highest BCUT2D eigenvalue weighted by molar-refractivity contribution is 7.92. The molecule has 3 aromatic rings. The number of ketones is 1. The number of anilines is 1. The third-order valence-electron chi connectivity index (χ3n) is 4.94. The van der Waals surface area contributed by atoms with Crippen LogP contribution >= 0.6 is 0 Å².